The predicted octanol–water partition coefficient (Wildman–Crippen LogP) is 5.31. The summed E-state index contributed by atoms with van der Waals surface area (Å²) >= 11 is 1.66. The summed E-state index contributed by atoms with van der Waals surface area (Å²) in [5.74, 6) is -0.0788. The number of fused-ring (bicyclic) bond motifs is 1. The average Bonchev–Trinajstić information content (AvgIpc) is 3.18. The van der Waals surface area contributed by atoms with E-state index < -0.39 is 0 Å². The topological polar surface area (TPSA) is 34.0 Å². The molecule has 0 fully saturated rings. The average molecular weight is 346 g/mol. The Morgan fingerprint density at radius 3 is 2.68 bits per heavy atom. The van der Waals surface area contributed by atoms with Gasteiger partial charge >= 0.3 is 0 Å². The van der Waals surface area contributed by atoms with Crippen LogP contribution < -0.4 is 5.32 Å². The zero-order valence-corrected chi connectivity index (χ0v) is 14.7. The van der Waals surface area contributed by atoms with Crippen LogP contribution in [-0.2, 0) is 6.54 Å². The lowest BCUT2D eigenvalue weighted by Gasteiger charge is -2.11. The number of carbonyl (C=O) groups excluding carboxylic acids is 1. The monoisotopic (exact) mass is 346 g/mol. The number of aryl methyl sites for hydroxylation is 1. The first-order valence-corrected chi connectivity index (χ1v) is 9.07. The molecule has 25 heavy (non-hydrogen) atoms. The quantitative estimate of drug-likeness (QED) is 0.534. The molecule has 0 aliphatic heterocycles. The fourth-order valence-corrected chi connectivity index (χ4v) is 3.84. The molecule has 1 N–H and O–H groups in total. The molecule has 2 aromatic heterocycles. The van der Waals surface area contributed by atoms with Crippen molar-refractivity contribution in [1.82, 2.24) is 4.57 Å². The van der Waals surface area contributed by atoms with Crippen LogP contribution in [0.1, 0.15) is 21.6 Å². The largest absolute Gasteiger partial charge is 0.331 e. The van der Waals surface area contributed by atoms with E-state index in [-0.39, 0.29) is 5.91 Å². The lowest BCUT2D eigenvalue weighted by molar-refractivity contribution is 0.101. The van der Waals surface area contributed by atoms with Crippen molar-refractivity contribution >= 4 is 33.1 Å². The van der Waals surface area contributed by atoms with Crippen molar-refractivity contribution in [2.24, 2.45) is 0 Å². The number of aromatic nitrogens is 1. The predicted molar refractivity (Wildman–Crippen MR) is 104 cm³/mol. The van der Waals surface area contributed by atoms with Crippen molar-refractivity contribution in [2.75, 3.05) is 5.32 Å². The third-order valence-electron chi connectivity index (χ3n) is 4.21. The summed E-state index contributed by atoms with van der Waals surface area (Å²) in [7, 11) is 0. The van der Waals surface area contributed by atoms with Crippen molar-refractivity contribution in [3.8, 4) is 0 Å². The van der Waals surface area contributed by atoms with E-state index in [1.54, 1.807) is 11.3 Å². The highest BCUT2D eigenvalue weighted by Crippen LogP contribution is 2.27. The molecule has 0 atom stereocenters. The Kier molecular flexibility index (Phi) is 4.12. The second-order valence-corrected chi connectivity index (χ2v) is 7.04. The fraction of sp³-hybridized carbons (Fsp3) is 0.0952. The Morgan fingerprint density at radius 1 is 1.04 bits per heavy atom. The van der Waals surface area contributed by atoms with Gasteiger partial charge in [0.15, 0.2) is 0 Å². The van der Waals surface area contributed by atoms with Crippen LogP contribution in [0.3, 0.4) is 0 Å². The molecule has 124 valence electrons. The Hall–Kier alpha value is -2.85. The molecule has 4 aromatic rings. The number of rotatable bonds is 4. The van der Waals surface area contributed by atoms with E-state index in [4.69, 9.17) is 0 Å². The van der Waals surface area contributed by atoms with E-state index in [1.165, 1.54) is 5.56 Å². The van der Waals surface area contributed by atoms with Gasteiger partial charge in [-0.1, -0.05) is 42.5 Å². The lowest BCUT2D eigenvalue weighted by atomic mass is 10.2. The third-order valence-corrected chi connectivity index (χ3v) is 5.07. The van der Waals surface area contributed by atoms with E-state index in [0.29, 0.717) is 12.2 Å². The van der Waals surface area contributed by atoms with Crippen molar-refractivity contribution in [1.29, 1.82) is 0 Å². The third kappa shape index (κ3) is 3.21. The minimum Gasteiger partial charge on any atom is -0.331 e. The first-order chi connectivity index (χ1) is 12.2. The van der Waals surface area contributed by atoms with E-state index in [1.807, 2.05) is 55.5 Å². The Balaban J connectivity index is 1.70. The molecule has 0 saturated carbocycles. The molecule has 4 rings (SSSR count). The zero-order chi connectivity index (χ0) is 17.2. The normalized spacial score (nSPS) is 10.9. The second kappa shape index (κ2) is 6.57. The summed E-state index contributed by atoms with van der Waals surface area (Å²) in [6.45, 7) is 2.70. The molecular formula is C21H18N2OS. The molecule has 1 amide bonds. The molecule has 0 spiro atoms. The fourth-order valence-electron chi connectivity index (χ4n) is 3.02. The molecule has 0 bridgehead atoms. The summed E-state index contributed by atoms with van der Waals surface area (Å²) in [5.41, 5.74) is 4.91. The Morgan fingerprint density at radius 2 is 1.88 bits per heavy atom. The van der Waals surface area contributed by atoms with Gasteiger partial charge in [-0.15, -0.1) is 11.3 Å². The van der Waals surface area contributed by atoms with E-state index >= 15 is 0 Å². The summed E-state index contributed by atoms with van der Waals surface area (Å²) in [6, 6.07) is 22.1. The molecule has 0 aliphatic carbocycles. The van der Waals surface area contributed by atoms with Crippen LogP contribution >= 0.6 is 11.3 Å². The van der Waals surface area contributed by atoms with Gasteiger partial charge in [0.25, 0.3) is 5.91 Å². The molecule has 0 unspecified atom stereocenters. The van der Waals surface area contributed by atoms with Gasteiger partial charge in [0.05, 0.1) is 10.2 Å². The maximum atomic E-state index is 12.9. The number of hydrogen-bond acceptors (Lipinski definition) is 2. The Bertz CT molecular complexity index is 1030. The summed E-state index contributed by atoms with van der Waals surface area (Å²) in [4.78, 5) is 12.9. The van der Waals surface area contributed by atoms with Crippen LogP contribution in [0.2, 0.25) is 0 Å². The second-order valence-electron chi connectivity index (χ2n) is 6.10. The highest BCUT2D eigenvalue weighted by atomic mass is 32.1. The van der Waals surface area contributed by atoms with Gasteiger partial charge in [-0.2, -0.15) is 0 Å². The number of anilines is 1. The highest BCUT2D eigenvalue weighted by molar-refractivity contribution is 7.17. The van der Waals surface area contributed by atoms with Crippen molar-refractivity contribution in [2.45, 2.75) is 13.5 Å². The van der Waals surface area contributed by atoms with Gasteiger partial charge in [-0.05, 0) is 47.7 Å². The number of hydrogen-bond donors (Lipinski definition) is 1. The zero-order valence-electron chi connectivity index (χ0n) is 13.9. The molecule has 3 nitrogen and oxygen atoms in total. The van der Waals surface area contributed by atoms with Gasteiger partial charge in [-0.25, -0.2) is 0 Å². The van der Waals surface area contributed by atoms with Crippen molar-refractivity contribution in [3.63, 3.8) is 0 Å². The smallest absolute Gasteiger partial charge is 0.272 e. The Labute approximate surface area is 150 Å². The van der Waals surface area contributed by atoms with Crippen LogP contribution in [0, 0.1) is 6.92 Å². The van der Waals surface area contributed by atoms with E-state index in [0.717, 1.165) is 21.5 Å². The molecule has 0 saturated heterocycles. The van der Waals surface area contributed by atoms with Crippen LogP contribution in [0.4, 0.5) is 5.69 Å². The number of carbonyl (C=O) groups is 1. The van der Waals surface area contributed by atoms with Gasteiger partial charge in [-0.3, -0.25) is 4.79 Å². The molecule has 2 heterocycles. The number of nitrogens with one attached hydrogen (secondary N) is 1. The summed E-state index contributed by atoms with van der Waals surface area (Å²) in [5, 5.41) is 5.08. The summed E-state index contributed by atoms with van der Waals surface area (Å²) < 4.78 is 3.22. The number of nitrogens with zero attached hydrogens (tertiary/aromatic N) is 1. The van der Waals surface area contributed by atoms with Crippen LogP contribution in [0.15, 0.2) is 72.1 Å². The van der Waals surface area contributed by atoms with E-state index in [9.17, 15) is 4.79 Å². The number of amides is 1. The van der Waals surface area contributed by atoms with E-state index in [2.05, 4.69) is 33.5 Å². The standard InChI is InChI=1S/C21H18N2OS/c1-15-6-5-9-17(12-15)22-21(24)19-13-20-18(10-11-25-20)23(19)14-16-7-3-2-4-8-16/h2-13H,14H2,1H3,(H,22,24). The molecule has 0 aliphatic rings. The van der Waals surface area contributed by atoms with Crippen molar-refractivity contribution < 1.29 is 4.79 Å². The van der Waals surface area contributed by atoms with Gasteiger partial charge in [0, 0.05) is 12.2 Å². The maximum Gasteiger partial charge on any atom is 0.272 e. The SMILES string of the molecule is Cc1cccc(NC(=O)c2cc3sccc3n2Cc2ccccc2)c1. The minimum absolute atomic E-state index is 0.0788. The maximum absolute atomic E-state index is 12.9. The molecular weight excluding hydrogens is 328 g/mol. The lowest BCUT2D eigenvalue weighted by Crippen LogP contribution is -2.17. The number of benzene rings is 2. The van der Waals surface area contributed by atoms with Gasteiger partial charge in [0.1, 0.15) is 5.69 Å². The van der Waals surface area contributed by atoms with Crippen LogP contribution in [-0.4, -0.2) is 10.5 Å². The van der Waals surface area contributed by atoms with Gasteiger partial charge in [0.2, 0.25) is 0 Å². The van der Waals surface area contributed by atoms with Crippen LogP contribution in [0.25, 0.3) is 10.2 Å². The van der Waals surface area contributed by atoms with Gasteiger partial charge < -0.3 is 9.88 Å². The molecule has 0 radical (unpaired) electrons. The molecule has 4 heteroatoms. The highest BCUT2D eigenvalue weighted by Gasteiger charge is 2.17. The first kappa shape index (κ1) is 15.7. The first-order valence-electron chi connectivity index (χ1n) is 8.19. The minimum atomic E-state index is -0.0788. The summed E-state index contributed by atoms with van der Waals surface area (Å²) in [6.07, 6.45) is 0. The van der Waals surface area contributed by atoms with Crippen LogP contribution in [0.5, 0.6) is 0 Å². The number of thiophene rings is 1. The van der Waals surface area contributed by atoms with Crippen molar-refractivity contribution in [3.05, 3.63) is 88.9 Å². The molecule has 2 aromatic carbocycles.